The maximum absolute atomic E-state index is 13.2. The van der Waals surface area contributed by atoms with Crippen LogP contribution < -0.4 is 0 Å². The van der Waals surface area contributed by atoms with Crippen LogP contribution in [0.25, 0.3) is 0 Å². The van der Waals surface area contributed by atoms with Gasteiger partial charge in [0.15, 0.2) is 0 Å². The SMILES string of the molecule is CC1=C[C@@H]2[C@H](O)[C@@H](C)[C@H](O)[C@H]2[C@H]2[C@@H]1CC1[C@@H]2C2=C3O[C@]1(C)CC[C@@H](OC2=O)[C@@H]3C. The quantitative estimate of drug-likeness (QED) is 0.483. The Labute approximate surface area is 172 Å². The number of ether oxygens (including phenoxy) is 2. The van der Waals surface area contributed by atoms with E-state index >= 15 is 0 Å². The van der Waals surface area contributed by atoms with Gasteiger partial charge < -0.3 is 19.7 Å². The molecule has 5 heteroatoms. The number of aliphatic hydroxyl groups excluding tert-OH is 2. The molecule has 0 aromatic rings. The maximum atomic E-state index is 13.2. The van der Waals surface area contributed by atoms with Gasteiger partial charge in [0, 0.05) is 23.7 Å². The molecule has 2 saturated carbocycles. The van der Waals surface area contributed by atoms with E-state index in [-0.39, 0.29) is 59.1 Å². The molecule has 3 bridgehead atoms. The Morgan fingerprint density at radius 3 is 2.69 bits per heavy atom. The molecule has 0 spiro atoms. The highest BCUT2D eigenvalue weighted by molar-refractivity contribution is 5.91. The molecule has 0 aromatic carbocycles. The third-order valence-corrected chi connectivity index (χ3v) is 9.72. The molecule has 6 rings (SSSR count). The first-order valence-electron chi connectivity index (χ1n) is 11.4. The smallest absolute Gasteiger partial charge is 0.338 e. The number of fused-ring (bicyclic) bond motifs is 9. The van der Waals surface area contributed by atoms with Gasteiger partial charge in [-0.05, 0) is 50.9 Å². The zero-order valence-electron chi connectivity index (χ0n) is 17.7. The molecule has 1 unspecified atom stereocenters. The molecule has 0 radical (unpaired) electrons. The summed E-state index contributed by atoms with van der Waals surface area (Å²) in [5.74, 6) is 1.34. The fraction of sp³-hybridized carbons (Fsp3) is 0.792. The van der Waals surface area contributed by atoms with Crippen molar-refractivity contribution in [2.24, 2.45) is 47.3 Å². The fourth-order valence-electron chi connectivity index (χ4n) is 8.16. The average molecular weight is 401 g/mol. The van der Waals surface area contributed by atoms with Crippen LogP contribution in [0.1, 0.15) is 47.0 Å². The number of rotatable bonds is 0. The van der Waals surface area contributed by atoms with Crippen LogP contribution in [0.2, 0.25) is 0 Å². The number of aliphatic hydroxyl groups is 2. The van der Waals surface area contributed by atoms with Crippen molar-refractivity contribution in [2.45, 2.75) is 70.9 Å². The van der Waals surface area contributed by atoms with E-state index in [4.69, 9.17) is 9.47 Å². The minimum Gasteiger partial charge on any atom is -0.491 e. The second kappa shape index (κ2) is 5.67. The minimum absolute atomic E-state index is 0.0126. The lowest BCUT2D eigenvalue weighted by Crippen LogP contribution is -2.49. The molecular formula is C24H32O5. The van der Waals surface area contributed by atoms with E-state index in [1.165, 1.54) is 5.57 Å². The number of hydrogen-bond donors (Lipinski definition) is 2. The van der Waals surface area contributed by atoms with Crippen molar-refractivity contribution < 1.29 is 24.5 Å². The Balaban J connectivity index is 1.55. The molecule has 3 aliphatic carbocycles. The molecule has 3 aliphatic heterocycles. The van der Waals surface area contributed by atoms with Gasteiger partial charge in [0.05, 0.1) is 23.7 Å². The van der Waals surface area contributed by atoms with E-state index in [9.17, 15) is 15.0 Å². The lowest BCUT2D eigenvalue weighted by molar-refractivity contribution is -0.154. The molecule has 3 heterocycles. The monoisotopic (exact) mass is 400 g/mol. The van der Waals surface area contributed by atoms with E-state index in [2.05, 4.69) is 26.8 Å². The van der Waals surface area contributed by atoms with E-state index in [0.29, 0.717) is 5.92 Å². The summed E-state index contributed by atoms with van der Waals surface area (Å²) < 4.78 is 12.6. The normalized spacial score (nSPS) is 57.4. The van der Waals surface area contributed by atoms with Gasteiger partial charge in [-0.25, -0.2) is 4.79 Å². The summed E-state index contributed by atoms with van der Waals surface area (Å²) >= 11 is 0. The van der Waals surface area contributed by atoms with Gasteiger partial charge in [-0.15, -0.1) is 0 Å². The van der Waals surface area contributed by atoms with Crippen LogP contribution >= 0.6 is 0 Å². The van der Waals surface area contributed by atoms with Crippen LogP contribution in [0.15, 0.2) is 23.0 Å². The molecule has 2 N–H and O–H groups in total. The van der Waals surface area contributed by atoms with E-state index in [1.807, 2.05) is 6.92 Å². The van der Waals surface area contributed by atoms with Gasteiger partial charge in [0.2, 0.25) is 0 Å². The Hall–Kier alpha value is -1.33. The van der Waals surface area contributed by atoms with Crippen LogP contribution in [0.4, 0.5) is 0 Å². The van der Waals surface area contributed by atoms with Crippen LogP contribution in [0, 0.1) is 47.3 Å². The molecule has 12 atom stereocenters. The number of allylic oxidation sites excluding steroid dienone is 1. The van der Waals surface area contributed by atoms with E-state index in [0.717, 1.165) is 30.6 Å². The third kappa shape index (κ3) is 2.11. The summed E-state index contributed by atoms with van der Waals surface area (Å²) in [6, 6.07) is 0. The van der Waals surface area contributed by atoms with E-state index in [1.54, 1.807) is 0 Å². The first-order chi connectivity index (χ1) is 13.7. The van der Waals surface area contributed by atoms with Crippen LogP contribution in [-0.4, -0.2) is 40.1 Å². The summed E-state index contributed by atoms with van der Waals surface area (Å²) in [4.78, 5) is 13.2. The van der Waals surface area contributed by atoms with Gasteiger partial charge in [0.1, 0.15) is 17.5 Å². The number of carbonyl (C=O) groups excluding carboxylic acids is 1. The summed E-state index contributed by atoms with van der Waals surface area (Å²) in [7, 11) is 0. The van der Waals surface area contributed by atoms with Crippen molar-refractivity contribution in [1.29, 1.82) is 0 Å². The molecule has 5 nitrogen and oxygen atoms in total. The highest BCUT2D eigenvalue weighted by Gasteiger charge is 2.66. The van der Waals surface area contributed by atoms with Gasteiger partial charge in [-0.3, -0.25) is 0 Å². The van der Waals surface area contributed by atoms with Crippen molar-refractivity contribution in [3.8, 4) is 0 Å². The molecule has 1 saturated heterocycles. The Morgan fingerprint density at radius 2 is 1.93 bits per heavy atom. The molecule has 3 fully saturated rings. The topological polar surface area (TPSA) is 76.0 Å². The first kappa shape index (κ1) is 18.4. The molecule has 0 aromatic heterocycles. The Bertz CT molecular complexity index is 844. The van der Waals surface area contributed by atoms with Crippen LogP contribution in [0.5, 0.6) is 0 Å². The number of esters is 1. The minimum atomic E-state index is -0.543. The Morgan fingerprint density at radius 1 is 1.17 bits per heavy atom. The third-order valence-electron chi connectivity index (χ3n) is 9.72. The largest absolute Gasteiger partial charge is 0.491 e. The van der Waals surface area contributed by atoms with Gasteiger partial charge in [-0.2, -0.15) is 0 Å². The molecule has 29 heavy (non-hydrogen) atoms. The molecule has 158 valence electrons. The molecular weight excluding hydrogens is 368 g/mol. The lowest BCUT2D eigenvalue weighted by Gasteiger charge is -2.48. The first-order valence-corrected chi connectivity index (χ1v) is 11.4. The van der Waals surface area contributed by atoms with Gasteiger partial charge in [0.25, 0.3) is 0 Å². The van der Waals surface area contributed by atoms with Crippen molar-refractivity contribution >= 4 is 5.97 Å². The second-order valence-corrected chi connectivity index (χ2v) is 10.9. The van der Waals surface area contributed by atoms with Gasteiger partial charge in [-0.1, -0.05) is 25.5 Å². The summed E-state index contributed by atoms with van der Waals surface area (Å²) in [6.07, 6.45) is 3.79. The second-order valence-electron chi connectivity index (χ2n) is 10.9. The summed E-state index contributed by atoms with van der Waals surface area (Å²) in [5.41, 5.74) is 1.77. The van der Waals surface area contributed by atoms with Crippen LogP contribution in [0.3, 0.4) is 0 Å². The van der Waals surface area contributed by atoms with Crippen molar-refractivity contribution in [1.82, 2.24) is 0 Å². The van der Waals surface area contributed by atoms with Crippen molar-refractivity contribution in [2.75, 3.05) is 0 Å². The standard InChI is InChI=1S/C24H32O5/c1-9-7-13-17(21(26)11(3)20(13)25)16-12(9)8-14-18(16)19-22-10(2)15(28-23(19)27)5-6-24(14,4)29-22/h7,10-18,20-21,25-26H,5-6,8H2,1-4H3/t10-,11+,12+,13-,14?,15+,16+,17+,18-,20+,21-,24+/m0/s1. The zero-order valence-corrected chi connectivity index (χ0v) is 17.7. The highest BCUT2D eigenvalue weighted by Crippen LogP contribution is 2.66. The van der Waals surface area contributed by atoms with Crippen molar-refractivity contribution in [3.63, 3.8) is 0 Å². The number of carbonyl (C=O) groups is 1. The molecule has 6 aliphatic rings. The number of hydrogen-bond acceptors (Lipinski definition) is 5. The molecule has 0 amide bonds. The highest BCUT2D eigenvalue weighted by atomic mass is 16.6. The van der Waals surface area contributed by atoms with Crippen LogP contribution in [-0.2, 0) is 14.3 Å². The summed E-state index contributed by atoms with van der Waals surface area (Å²) in [6.45, 7) is 8.47. The van der Waals surface area contributed by atoms with E-state index < -0.39 is 12.2 Å². The predicted molar refractivity (Wildman–Crippen MR) is 105 cm³/mol. The maximum Gasteiger partial charge on any atom is 0.338 e. The predicted octanol–water partition coefficient (Wildman–Crippen LogP) is 2.82. The summed E-state index contributed by atoms with van der Waals surface area (Å²) in [5, 5.41) is 22.0. The van der Waals surface area contributed by atoms with Crippen molar-refractivity contribution in [3.05, 3.63) is 23.0 Å². The lowest BCUT2D eigenvalue weighted by atomic mass is 9.63. The average Bonchev–Trinajstić information content (AvgIpc) is 3.16. The fourth-order valence-corrected chi connectivity index (χ4v) is 8.16. The Kier molecular flexibility index (Phi) is 3.61. The zero-order chi connectivity index (χ0) is 20.4. The van der Waals surface area contributed by atoms with Gasteiger partial charge >= 0.3 is 5.97 Å².